The Bertz CT molecular complexity index is 500. The van der Waals surface area contributed by atoms with E-state index in [0.717, 1.165) is 23.6 Å². The molecule has 0 saturated carbocycles. The lowest BCUT2D eigenvalue weighted by molar-refractivity contribution is 0.455. The number of rotatable bonds is 4. The molecule has 2 aromatic rings. The van der Waals surface area contributed by atoms with Crippen molar-refractivity contribution in [2.75, 3.05) is 7.05 Å². The SMILES string of the molecule is CNCc1ccnc(Oc2cccnc2C)c1. The quantitative estimate of drug-likeness (QED) is 0.873. The van der Waals surface area contributed by atoms with Crippen molar-refractivity contribution in [2.24, 2.45) is 0 Å². The maximum absolute atomic E-state index is 5.69. The van der Waals surface area contributed by atoms with E-state index in [-0.39, 0.29) is 0 Å². The van der Waals surface area contributed by atoms with Gasteiger partial charge in [-0.05, 0) is 37.7 Å². The van der Waals surface area contributed by atoms with Gasteiger partial charge < -0.3 is 10.1 Å². The fraction of sp³-hybridized carbons (Fsp3) is 0.231. The zero-order valence-corrected chi connectivity index (χ0v) is 9.97. The van der Waals surface area contributed by atoms with Gasteiger partial charge in [-0.2, -0.15) is 0 Å². The summed E-state index contributed by atoms with van der Waals surface area (Å²) in [5.41, 5.74) is 1.99. The number of nitrogens with one attached hydrogen (secondary N) is 1. The van der Waals surface area contributed by atoms with Crippen molar-refractivity contribution in [2.45, 2.75) is 13.5 Å². The molecule has 0 fully saturated rings. The van der Waals surface area contributed by atoms with E-state index in [4.69, 9.17) is 4.74 Å². The van der Waals surface area contributed by atoms with Gasteiger partial charge in [-0.15, -0.1) is 0 Å². The van der Waals surface area contributed by atoms with E-state index in [0.29, 0.717) is 5.88 Å². The fourth-order valence-corrected chi connectivity index (χ4v) is 1.51. The predicted octanol–water partition coefficient (Wildman–Crippen LogP) is 2.30. The summed E-state index contributed by atoms with van der Waals surface area (Å²) >= 11 is 0. The number of aromatic nitrogens is 2. The first-order valence-corrected chi connectivity index (χ1v) is 5.48. The van der Waals surface area contributed by atoms with E-state index in [1.807, 2.05) is 38.2 Å². The van der Waals surface area contributed by atoms with Gasteiger partial charge in [-0.25, -0.2) is 4.98 Å². The van der Waals surface area contributed by atoms with Crippen LogP contribution in [0.3, 0.4) is 0 Å². The van der Waals surface area contributed by atoms with Crippen LogP contribution in [0.1, 0.15) is 11.3 Å². The predicted molar refractivity (Wildman–Crippen MR) is 66.0 cm³/mol. The average Bonchev–Trinajstić information content (AvgIpc) is 2.33. The van der Waals surface area contributed by atoms with Gasteiger partial charge >= 0.3 is 0 Å². The van der Waals surface area contributed by atoms with Gasteiger partial charge in [0, 0.05) is 25.0 Å². The van der Waals surface area contributed by atoms with E-state index in [1.165, 1.54) is 0 Å². The van der Waals surface area contributed by atoms with Crippen molar-refractivity contribution in [1.82, 2.24) is 15.3 Å². The van der Waals surface area contributed by atoms with Gasteiger partial charge in [0.2, 0.25) is 5.88 Å². The van der Waals surface area contributed by atoms with Crippen LogP contribution in [0, 0.1) is 6.92 Å². The van der Waals surface area contributed by atoms with E-state index in [2.05, 4.69) is 15.3 Å². The highest BCUT2D eigenvalue weighted by Crippen LogP contribution is 2.21. The Labute approximate surface area is 101 Å². The molecule has 88 valence electrons. The summed E-state index contributed by atoms with van der Waals surface area (Å²) in [5.74, 6) is 1.33. The van der Waals surface area contributed by atoms with Gasteiger partial charge in [0.05, 0.1) is 5.69 Å². The number of pyridine rings is 2. The molecule has 0 unspecified atom stereocenters. The summed E-state index contributed by atoms with van der Waals surface area (Å²) in [4.78, 5) is 8.35. The summed E-state index contributed by atoms with van der Waals surface area (Å²) in [7, 11) is 1.91. The van der Waals surface area contributed by atoms with Crippen LogP contribution in [0.5, 0.6) is 11.6 Å². The molecule has 0 aliphatic heterocycles. The minimum Gasteiger partial charge on any atom is -0.437 e. The maximum atomic E-state index is 5.69. The van der Waals surface area contributed by atoms with Crippen molar-refractivity contribution in [1.29, 1.82) is 0 Å². The Kier molecular flexibility index (Phi) is 3.67. The molecule has 0 aliphatic carbocycles. The van der Waals surface area contributed by atoms with Gasteiger partial charge in [0.15, 0.2) is 5.75 Å². The van der Waals surface area contributed by atoms with Crippen LogP contribution in [0.15, 0.2) is 36.7 Å². The van der Waals surface area contributed by atoms with Crippen LogP contribution in [-0.2, 0) is 6.54 Å². The molecule has 0 radical (unpaired) electrons. The lowest BCUT2D eigenvalue weighted by atomic mass is 10.2. The van der Waals surface area contributed by atoms with E-state index in [1.54, 1.807) is 12.4 Å². The standard InChI is InChI=1S/C13H15N3O/c1-10-12(4-3-6-15-10)17-13-8-11(9-14-2)5-7-16-13/h3-8,14H,9H2,1-2H3. The molecule has 4 heteroatoms. The topological polar surface area (TPSA) is 47.0 Å². The molecule has 0 spiro atoms. The van der Waals surface area contributed by atoms with Crippen molar-refractivity contribution < 1.29 is 4.74 Å². The molecule has 0 bridgehead atoms. The van der Waals surface area contributed by atoms with Crippen molar-refractivity contribution in [3.8, 4) is 11.6 Å². The second kappa shape index (κ2) is 5.41. The Morgan fingerprint density at radius 2 is 2.12 bits per heavy atom. The van der Waals surface area contributed by atoms with E-state index >= 15 is 0 Å². The average molecular weight is 229 g/mol. The smallest absolute Gasteiger partial charge is 0.219 e. The third kappa shape index (κ3) is 3.01. The van der Waals surface area contributed by atoms with Gasteiger partial charge in [-0.1, -0.05) is 0 Å². The Balaban J connectivity index is 2.18. The summed E-state index contributed by atoms with van der Waals surface area (Å²) in [5, 5.41) is 3.09. The monoisotopic (exact) mass is 229 g/mol. The highest BCUT2D eigenvalue weighted by atomic mass is 16.5. The Morgan fingerprint density at radius 1 is 1.24 bits per heavy atom. The Morgan fingerprint density at radius 3 is 2.88 bits per heavy atom. The summed E-state index contributed by atoms with van der Waals surface area (Å²) in [6.45, 7) is 2.71. The molecule has 0 saturated heterocycles. The zero-order valence-electron chi connectivity index (χ0n) is 9.97. The maximum Gasteiger partial charge on any atom is 0.219 e. The molecule has 0 amide bonds. The van der Waals surface area contributed by atoms with Gasteiger partial charge in [-0.3, -0.25) is 4.98 Å². The van der Waals surface area contributed by atoms with Crippen molar-refractivity contribution >= 4 is 0 Å². The van der Waals surface area contributed by atoms with Crippen molar-refractivity contribution in [3.05, 3.63) is 47.9 Å². The minimum absolute atomic E-state index is 0.592. The second-order valence-electron chi connectivity index (χ2n) is 3.72. The molecule has 0 aromatic carbocycles. The normalized spacial score (nSPS) is 10.2. The van der Waals surface area contributed by atoms with Crippen LogP contribution in [0.4, 0.5) is 0 Å². The number of ether oxygens (including phenoxy) is 1. The molecule has 2 rings (SSSR count). The van der Waals surface area contributed by atoms with Crippen LogP contribution in [-0.4, -0.2) is 17.0 Å². The van der Waals surface area contributed by atoms with E-state index in [9.17, 15) is 0 Å². The number of aryl methyl sites for hydroxylation is 1. The van der Waals surface area contributed by atoms with Gasteiger partial charge in [0.1, 0.15) is 0 Å². The van der Waals surface area contributed by atoms with E-state index < -0.39 is 0 Å². The lowest BCUT2D eigenvalue weighted by Crippen LogP contribution is -2.05. The first kappa shape index (κ1) is 11.5. The fourth-order valence-electron chi connectivity index (χ4n) is 1.51. The summed E-state index contributed by atoms with van der Waals surface area (Å²) in [6, 6.07) is 7.61. The summed E-state index contributed by atoms with van der Waals surface area (Å²) < 4.78 is 5.69. The van der Waals surface area contributed by atoms with Crippen molar-refractivity contribution in [3.63, 3.8) is 0 Å². The highest BCUT2D eigenvalue weighted by molar-refractivity contribution is 5.31. The molecule has 0 aliphatic rings. The number of hydrogen-bond acceptors (Lipinski definition) is 4. The third-order valence-corrected chi connectivity index (χ3v) is 2.35. The molecular weight excluding hydrogens is 214 g/mol. The van der Waals surface area contributed by atoms with Gasteiger partial charge in [0.25, 0.3) is 0 Å². The number of hydrogen-bond donors (Lipinski definition) is 1. The molecule has 1 N–H and O–H groups in total. The molecular formula is C13H15N3O. The minimum atomic E-state index is 0.592. The summed E-state index contributed by atoms with van der Waals surface area (Å²) in [6.07, 6.45) is 3.49. The molecule has 4 nitrogen and oxygen atoms in total. The molecule has 2 heterocycles. The number of nitrogens with zero attached hydrogens (tertiary/aromatic N) is 2. The zero-order chi connectivity index (χ0) is 12.1. The molecule has 0 atom stereocenters. The molecule has 2 aromatic heterocycles. The van der Waals surface area contributed by atoms with Crippen LogP contribution in [0.2, 0.25) is 0 Å². The lowest BCUT2D eigenvalue weighted by Gasteiger charge is -2.07. The largest absolute Gasteiger partial charge is 0.437 e. The van der Waals surface area contributed by atoms with Crippen LogP contribution >= 0.6 is 0 Å². The third-order valence-electron chi connectivity index (χ3n) is 2.35. The first-order valence-electron chi connectivity index (χ1n) is 5.48. The Hall–Kier alpha value is -1.94. The molecule has 17 heavy (non-hydrogen) atoms. The van der Waals surface area contributed by atoms with Crippen LogP contribution in [0.25, 0.3) is 0 Å². The first-order chi connectivity index (χ1) is 8.29. The second-order valence-corrected chi connectivity index (χ2v) is 3.72. The highest BCUT2D eigenvalue weighted by Gasteiger charge is 2.03. The van der Waals surface area contributed by atoms with Crippen LogP contribution < -0.4 is 10.1 Å².